The van der Waals surface area contributed by atoms with Crippen LogP contribution < -0.4 is 5.32 Å². The molecule has 0 saturated carbocycles. The second-order valence-electron chi connectivity index (χ2n) is 5.02. The molecule has 2 aromatic rings. The average Bonchev–Trinajstić information content (AvgIpc) is 2.72. The van der Waals surface area contributed by atoms with Gasteiger partial charge in [-0.1, -0.05) is 11.2 Å². The number of benzene rings is 1. The van der Waals surface area contributed by atoms with Crippen molar-refractivity contribution in [3.8, 4) is 0 Å². The van der Waals surface area contributed by atoms with Crippen LogP contribution in [0.5, 0.6) is 0 Å². The van der Waals surface area contributed by atoms with Gasteiger partial charge >= 0.3 is 0 Å². The predicted octanol–water partition coefficient (Wildman–Crippen LogP) is 3.98. The Morgan fingerprint density at radius 3 is 2.35 bits per heavy atom. The average molecular weight is 280 g/mol. The molecular formula is C15H18F2N2O. The van der Waals surface area contributed by atoms with Crippen LogP contribution in [-0.4, -0.2) is 5.16 Å². The fraction of sp³-hybridized carbons (Fsp3) is 0.400. The third-order valence-corrected chi connectivity index (χ3v) is 3.47. The maximum absolute atomic E-state index is 13.3. The molecule has 2 atom stereocenters. The van der Waals surface area contributed by atoms with Crippen molar-refractivity contribution in [2.75, 3.05) is 0 Å². The summed E-state index contributed by atoms with van der Waals surface area (Å²) in [6.45, 7) is 7.63. The van der Waals surface area contributed by atoms with Crippen LogP contribution in [0.1, 0.15) is 48.5 Å². The number of halogens is 2. The smallest absolute Gasteiger partial charge is 0.159 e. The van der Waals surface area contributed by atoms with Gasteiger partial charge in [0.25, 0.3) is 0 Å². The van der Waals surface area contributed by atoms with Gasteiger partial charge in [0, 0.05) is 17.6 Å². The number of hydrogen-bond acceptors (Lipinski definition) is 3. The molecule has 1 aromatic heterocycles. The lowest BCUT2D eigenvalue weighted by molar-refractivity contribution is 0.389. The molecule has 2 rings (SSSR count). The summed E-state index contributed by atoms with van der Waals surface area (Å²) in [4.78, 5) is 0. The Bertz CT molecular complexity index is 590. The predicted molar refractivity (Wildman–Crippen MR) is 72.3 cm³/mol. The first-order valence-electron chi connectivity index (χ1n) is 6.54. The Labute approximate surface area is 117 Å². The van der Waals surface area contributed by atoms with Crippen molar-refractivity contribution in [2.24, 2.45) is 0 Å². The van der Waals surface area contributed by atoms with Gasteiger partial charge in [0.15, 0.2) is 11.6 Å². The molecule has 0 aliphatic rings. The minimum atomic E-state index is -0.834. The van der Waals surface area contributed by atoms with Crippen molar-refractivity contribution in [3.63, 3.8) is 0 Å². The highest BCUT2D eigenvalue weighted by Gasteiger charge is 2.19. The lowest BCUT2D eigenvalue weighted by Crippen LogP contribution is -2.23. The summed E-state index contributed by atoms with van der Waals surface area (Å²) in [5, 5.41) is 7.26. The minimum Gasteiger partial charge on any atom is -0.361 e. The summed E-state index contributed by atoms with van der Waals surface area (Å²) in [5.74, 6) is -0.902. The van der Waals surface area contributed by atoms with E-state index in [0.29, 0.717) is 5.56 Å². The van der Waals surface area contributed by atoms with E-state index in [-0.39, 0.29) is 12.1 Å². The Hall–Kier alpha value is -1.75. The van der Waals surface area contributed by atoms with Crippen molar-refractivity contribution in [1.82, 2.24) is 10.5 Å². The van der Waals surface area contributed by atoms with Crippen LogP contribution in [-0.2, 0) is 0 Å². The molecule has 0 fully saturated rings. The summed E-state index contributed by atoms with van der Waals surface area (Å²) in [5.41, 5.74) is 2.53. The zero-order valence-corrected chi connectivity index (χ0v) is 12.0. The van der Waals surface area contributed by atoms with Crippen molar-refractivity contribution in [3.05, 3.63) is 52.4 Å². The van der Waals surface area contributed by atoms with Gasteiger partial charge < -0.3 is 9.84 Å². The van der Waals surface area contributed by atoms with E-state index < -0.39 is 11.6 Å². The highest BCUT2D eigenvalue weighted by atomic mass is 19.2. The zero-order valence-electron chi connectivity index (χ0n) is 12.0. The first-order valence-corrected chi connectivity index (χ1v) is 6.54. The lowest BCUT2D eigenvalue weighted by Gasteiger charge is -2.20. The fourth-order valence-electron chi connectivity index (χ4n) is 2.44. The van der Waals surface area contributed by atoms with Crippen LogP contribution in [0.4, 0.5) is 8.78 Å². The van der Waals surface area contributed by atoms with Gasteiger partial charge in [-0.2, -0.15) is 0 Å². The molecule has 1 heterocycles. The molecule has 2 unspecified atom stereocenters. The van der Waals surface area contributed by atoms with E-state index in [4.69, 9.17) is 4.52 Å². The largest absolute Gasteiger partial charge is 0.361 e. The summed E-state index contributed by atoms with van der Waals surface area (Å²) in [6.07, 6.45) is 0. The Balaban J connectivity index is 2.15. The number of nitrogens with zero attached hydrogens (tertiary/aromatic N) is 1. The molecule has 0 aliphatic heterocycles. The van der Waals surface area contributed by atoms with Crippen LogP contribution in [0.15, 0.2) is 22.7 Å². The Morgan fingerprint density at radius 1 is 1.10 bits per heavy atom. The second-order valence-corrected chi connectivity index (χ2v) is 5.02. The third-order valence-electron chi connectivity index (χ3n) is 3.47. The van der Waals surface area contributed by atoms with E-state index in [9.17, 15) is 8.78 Å². The molecule has 108 valence electrons. The summed E-state index contributed by atoms with van der Waals surface area (Å²) in [6, 6.07) is 3.82. The maximum Gasteiger partial charge on any atom is 0.159 e. The van der Waals surface area contributed by atoms with E-state index >= 15 is 0 Å². The number of nitrogens with one attached hydrogen (secondary N) is 1. The molecule has 0 bridgehead atoms. The van der Waals surface area contributed by atoms with E-state index in [1.54, 1.807) is 6.07 Å². The molecule has 0 amide bonds. The molecule has 3 nitrogen and oxygen atoms in total. The molecular weight excluding hydrogens is 262 g/mol. The monoisotopic (exact) mass is 280 g/mol. The van der Waals surface area contributed by atoms with Gasteiger partial charge in [-0.15, -0.1) is 0 Å². The minimum absolute atomic E-state index is 0.00404. The van der Waals surface area contributed by atoms with Gasteiger partial charge in [-0.05, 0) is 45.4 Å². The van der Waals surface area contributed by atoms with Crippen molar-refractivity contribution < 1.29 is 13.3 Å². The molecule has 1 aromatic carbocycles. The van der Waals surface area contributed by atoms with Crippen LogP contribution in [0.25, 0.3) is 0 Å². The second kappa shape index (κ2) is 5.71. The van der Waals surface area contributed by atoms with Crippen LogP contribution >= 0.6 is 0 Å². The normalized spacial score (nSPS) is 14.3. The molecule has 1 N–H and O–H groups in total. The summed E-state index contributed by atoms with van der Waals surface area (Å²) in [7, 11) is 0. The van der Waals surface area contributed by atoms with Crippen molar-refractivity contribution in [2.45, 2.75) is 39.8 Å². The van der Waals surface area contributed by atoms with Crippen LogP contribution in [0.3, 0.4) is 0 Å². The van der Waals surface area contributed by atoms with Gasteiger partial charge in [-0.3, -0.25) is 0 Å². The number of hydrogen-bond donors (Lipinski definition) is 1. The van der Waals surface area contributed by atoms with E-state index in [1.165, 1.54) is 6.07 Å². The first-order chi connectivity index (χ1) is 9.40. The fourth-order valence-corrected chi connectivity index (χ4v) is 2.44. The van der Waals surface area contributed by atoms with Gasteiger partial charge in [0.2, 0.25) is 0 Å². The van der Waals surface area contributed by atoms with Crippen LogP contribution in [0, 0.1) is 25.5 Å². The quantitative estimate of drug-likeness (QED) is 0.920. The zero-order chi connectivity index (χ0) is 14.9. The SMILES string of the molecule is Cc1noc(C)c1C(C)NC(C)c1ccc(F)c(F)c1. The summed E-state index contributed by atoms with van der Waals surface area (Å²) < 4.78 is 31.3. The maximum atomic E-state index is 13.3. The van der Waals surface area contributed by atoms with E-state index in [0.717, 1.165) is 23.1 Å². The third kappa shape index (κ3) is 2.88. The topological polar surface area (TPSA) is 38.1 Å². The molecule has 0 radical (unpaired) electrons. The molecule has 5 heteroatoms. The van der Waals surface area contributed by atoms with Gasteiger partial charge in [-0.25, -0.2) is 8.78 Å². The van der Waals surface area contributed by atoms with Gasteiger partial charge in [0.05, 0.1) is 5.69 Å². The highest BCUT2D eigenvalue weighted by molar-refractivity contribution is 5.26. The number of aryl methyl sites for hydroxylation is 2. The first kappa shape index (κ1) is 14.7. The molecule has 0 saturated heterocycles. The Morgan fingerprint density at radius 2 is 1.80 bits per heavy atom. The highest BCUT2D eigenvalue weighted by Crippen LogP contribution is 2.25. The molecule has 20 heavy (non-hydrogen) atoms. The van der Waals surface area contributed by atoms with E-state index in [2.05, 4.69) is 10.5 Å². The number of rotatable bonds is 4. The Kier molecular flexibility index (Phi) is 4.18. The summed E-state index contributed by atoms with van der Waals surface area (Å²) >= 11 is 0. The van der Waals surface area contributed by atoms with Crippen LogP contribution in [0.2, 0.25) is 0 Å². The van der Waals surface area contributed by atoms with Crippen molar-refractivity contribution in [1.29, 1.82) is 0 Å². The lowest BCUT2D eigenvalue weighted by atomic mass is 10.0. The standard InChI is InChI=1S/C15H18F2N2O/c1-8(12-5-6-13(16)14(17)7-12)18-9(2)15-10(3)19-20-11(15)4/h5-9,18H,1-4H3. The van der Waals surface area contributed by atoms with E-state index in [1.807, 2.05) is 27.7 Å². The van der Waals surface area contributed by atoms with Gasteiger partial charge in [0.1, 0.15) is 5.76 Å². The molecule has 0 aliphatic carbocycles. The molecule has 0 spiro atoms. The van der Waals surface area contributed by atoms with Crippen molar-refractivity contribution >= 4 is 0 Å². The number of aromatic nitrogens is 1.